The van der Waals surface area contributed by atoms with Crippen LogP contribution < -0.4 is 4.74 Å². The maximum Gasteiger partial charge on any atom is 0.124 e. The van der Waals surface area contributed by atoms with Crippen molar-refractivity contribution in [3.8, 4) is 5.75 Å². The Balaban J connectivity index is 2.63. The number of rotatable bonds is 3. The van der Waals surface area contributed by atoms with Crippen molar-refractivity contribution in [2.75, 3.05) is 6.61 Å². The summed E-state index contributed by atoms with van der Waals surface area (Å²) >= 11 is 3.22. The second-order valence-electron chi connectivity index (χ2n) is 2.43. The minimum absolute atomic E-state index is 0.0138. The van der Waals surface area contributed by atoms with E-state index in [2.05, 4.69) is 20.9 Å². The molecule has 1 heterocycles. The Morgan fingerprint density at radius 1 is 1.75 bits per heavy atom. The van der Waals surface area contributed by atoms with Gasteiger partial charge in [-0.15, -0.1) is 0 Å². The van der Waals surface area contributed by atoms with Gasteiger partial charge in [-0.2, -0.15) is 0 Å². The number of ether oxygens (including phenoxy) is 1. The lowest BCUT2D eigenvalue weighted by Crippen LogP contribution is -2.16. The van der Waals surface area contributed by atoms with Crippen molar-refractivity contribution in [1.29, 1.82) is 0 Å². The predicted octanol–water partition coefficient (Wildman–Crippen LogP) is 1.60. The fraction of sp³-hybridized carbons (Fsp3) is 0.375. The van der Waals surface area contributed by atoms with Crippen molar-refractivity contribution in [3.05, 3.63) is 22.9 Å². The molecule has 4 heteroatoms. The highest BCUT2D eigenvalue weighted by Crippen LogP contribution is 2.15. The zero-order chi connectivity index (χ0) is 8.97. The zero-order valence-corrected chi connectivity index (χ0v) is 8.28. The summed E-state index contributed by atoms with van der Waals surface area (Å²) in [6.07, 6.45) is 1.46. The van der Waals surface area contributed by atoms with Crippen LogP contribution in [0.3, 0.4) is 0 Å². The van der Waals surface area contributed by atoms with Crippen LogP contribution in [0, 0.1) is 0 Å². The van der Waals surface area contributed by atoms with E-state index in [0.717, 1.165) is 4.60 Å². The van der Waals surface area contributed by atoms with E-state index in [4.69, 9.17) is 9.84 Å². The lowest BCUT2D eigenvalue weighted by molar-refractivity contribution is 0.129. The fourth-order valence-corrected chi connectivity index (χ4v) is 1.07. The number of aromatic nitrogens is 1. The van der Waals surface area contributed by atoms with Gasteiger partial charge in [-0.25, -0.2) is 4.98 Å². The normalized spacial score (nSPS) is 12.6. The molecule has 0 radical (unpaired) electrons. The minimum Gasteiger partial charge on any atom is -0.488 e. The molecule has 0 aliphatic rings. The van der Waals surface area contributed by atoms with E-state index in [-0.39, 0.29) is 12.7 Å². The Hall–Kier alpha value is -0.610. The lowest BCUT2D eigenvalue weighted by Gasteiger charge is -2.11. The summed E-state index contributed by atoms with van der Waals surface area (Å²) in [6.45, 7) is 1.81. The number of aliphatic hydroxyl groups is 1. The fourth-order valence-electron chi connectivity index (χ4n) is 0.728. The van der Waals surface area contributed by atoms with Crippen molar-refractivity contribution in [3.63, 3.8) is 0 Å². The number of halogens is 1. The summed E-state index contributed by atoms with van der Waals surface area (Å²) < 4.78 is 6.05. The Kier molecular flexibility index (Phi) is 3.49. The second kappa shape index (κ2) is 4.42. The van der Waals surface area contributed by atoms with Crippen molar-refractivity contribution in [1.82, 2.24) is 4.98 Å². The van der Waals surface area contributed by atoms with Crippen LogP contribution in [0.15, 0.2) is 22.9 Å². The topological polar surface area (TPSA) is 42.4 Å². The van der Waals surface area contributed by atoms with Gasteiger partial charge in [0.25, 0.3) is 0 Å². The average Bonchev–Trinajstić information content (AvgIpc) is 2.04. The van der Waals surface area contributed by atoms with Crippen molar-refractivity contribution < 1.29 is 9.84 Å². The molecule has 1 aromatic rings. The molecule has 12 heavy (non-hydrogen) atoms. The van der Waals surface area contributed by atoms with Gasteiger partial charge in [-0.05, 0) is 28.9 Å². The van der Waals surface area contributed by atoms with E-state index >= 15 is 0 Å². The summed E-state index contributed by atoms with van der Waals surface area (Å²) in [5.74, 6) is 0.707. The first-order valence-corrected chi connectivity index (χ1v) is 4.40. The van der Waals surface area contributed by atoms with E-state index in [0.29, 0.717) is 5.75 Å². The molecule has 1 N–H and O–H groups in total. The van der Waals surface area contributed by atoms with Gasteiger partial charge in [0.15, 0.2) is 0 Å². The molecule has 0 fully saturated rings. The van der Waals surface area contributed by atoms with Crippen LogP contribution in [0.25, 0.3) is 0 Å². The molecule has 1 unspecified atom stereocenters. The number of hydrogen-bond donors (Lipinski definition) is 1. The minimum atomic E-state index is -0.181. The molecule has 0 aromatic carbocycles. The Morgan fingerprint density at radius 2 is 2.50 bits per heavy atom. The molecule has 0 aliphatic heterocycles. The highest BCUT2D eigenvalue weighted by atomic mass is 79.9. The van der Waals surface area contributed by atoms with Crippen LogP contribution in [0.5, 0.6) is 5.75 Å². The van der Waals surface area contributed by atoms with Crippen molar-refractivity contribution in [2.24, 2.45) is 0 Å². The molecule has 0 spiro atoms. The molecule has 0 saturated carbocycles. The van der Waals surface area contributed by atoms with E-state index in [1.165, 1.54) is 0 Å². The second-order valence-corrected chi connectivity index (χ2v) is 3.24. The van der Waals surface area contributed by atoms with Gasteiger partial charge < -0.3 is 9.84 Å². The highest BCUT2D eigenvalue weighted by Gasteiger charge is 2.01. The van der Waals surface area contributed by atoms with E-state index in [1.54, 1.807) is 25.3 Å². The first-order valence-electron chi connectivity index (χ1n) is 3.61. The summed E-state index contributed by atoms with van der Waals surface area (Å²) in [5.41, 5.74) is 0. The molecule has 1 aromatic heterocycles. The monoisotopic (exact) mass is 231 g/mol. The largest absolute Gasteiger partial charge is 0.488 e. The van der Waals surface area contributed by atoms with Gasteiger partial charge in [0.2, 0.25) is 0 Å². The summed E-state index contributed by atoms with van der Waals surface area (Å²) in [4.78, 5) is 3.95. The third kappa shape index (κ3) is 2.79. The molecule has 66 valence electrons. The quantitative estimate of drug-likeness (QED) is 0.805. The van der Waals surface area contributed by atoms with Gasteiger partial charge in [0, 0.05) is 12.3 Å². The molecule has 0 bridgehead atoms. The number of hydrogen-bond acceptors (Lipinski definition) is 3. The number of pyridine rings is 1. The molecule has 0 aliphatic carbocycles. The van der Waals surface area contributed by atoms with Crippen LogP contribution in [-0.4, -0.2) is 22.8 Å². The van der Waals surface area contributed by atoms with Crippen LogP contribution in [0.4, 0.5) is 0 Å². The third-order valence-electron chi connectivity index (χ3n) is 1.29. The number of aliphatic hydroxyl groups excluding tert-OH is 1. The van der Waals surface area contributed by atoms with Gasteiger partial charge >= 0.3 is 0 Å². The Morgan fingerprint density at radius 3 is 3.08 bits per heavy atom. The summed E-state index contributed by atoms with van der Waals surface area (Å²) in [5, 5.41) is 8.71. The highest BCUT2D eigenvalue weighted by molar-refractivity contribution is 9.10. The first kappa shape index (κ1) is 9.48. The van der Waals surface area contributed by atoms with Gasteiger partial charge in [0.1, 0.15) is 16.5 Å². The molecular formula is C8H10BrNO2. The third-order valence-corrected chi connectivity index (χ3v) is 1.73. The van der Waals surface area contributed by atoms with Crippen molar-refractivity contribution >= 4 is 15.9 Å². The zero-order valence-electron chi connectivity index (χ0n) is 6.70. The van der Waals surface area contributed by atoms with E-state index in [9.17, 15) is 0 Å². The summed E-state index contributed by atoms with van der Waals surface area (Å²) in [6, 6.07) is 3.50. The summed E-state index contributed by atoms with van der Waals surface area (Å²) in [7, 11) is 0. The van der Waals surface area contributed by atoms with Gasteiger partial charge in [-0.1, -0.05) is 0 Å². The van der Waals surface area contributed by atoms with E-state index < -0.39 is 0 Å². The molecular weight excluding hydrogens is 222 g/mol. The smallest absolute Gasteiger partial charge is 0.124 e. The first-order chi connectivity index (χ1) is 5.72. The molecule has 3 nitrogen and oxygen atoms in total. The SMILES string of the molecule is CC(CO)Oc1ccnc(Br)c1. The average molecular weight is 232 g/mol. The van der Waals surface area contributed by atoms with Crippen LogP contribution in [0.2, 0.25) is 0 Å². The Bertz CT molecular complexity index is 255. The maximum absolute atomic E-state index is 8.71. The molecule has 1 rings (SSSR count). The molecule has 0 saturated heterocycles. The van der Waals surface area contributed by atoms with E-state index in [1.807, 2.05) is 0 Å². The lowest BCUT2D eigenvalue weighted by atomic mass is 10.4. The standard InChI is InChI=1S/C8H10BrNO2/c1-6(5-11)12-7-2-3-10-8(9)4-7/h2-4,6,11H,5H2,1H3. The predicted molar refractivity (Wildman–Crippen MR) is 49.1 cm³/mol. The Labute approximate surface area is 79.5 Å². The van der Waals surface area contributed by atoms with Gasteiger partial charge in [0.05, 0.1) is 6.61 Å². The van der Waals surface area contributed by atoms with Crippen LogP contribution >= 0.6 is 15.9 Å². The molecule has 1 atom stereocenters. The van der Waals surface area contributed by atoms with Crippen LogP contribution in [0.1, 0.15) is 6.92 Å². The number of nitrogens with zero attached hydrogens (tertiary/aromatic N) is 1. The van der Waals surface area contributed by atoms with Crippen LogP contribution in [-0.2, 0) is 0 Å². The molecule has 0 amide bonds. The maximum atomic E-state index is 8.71. The van der Waals surface area contributed by atoms with Crippen molar-refractivity contribution in [2.45, 2.75) is 13.0 Å². The van der Waals surface area contributed by atoms with Gasteiger partial charge in [-0.3, -0.25) is 0 Å².